The van der Waals surface area contributed by atoms with Gasteiger partial charge in [0.2, 0.25) is 0 Å². The van der Waals surface area contributed by atoms with Crippen LogP contribution in [0.1, 0.15) is 26.2 Å². The Labute approximate surface area is 138 Å². The fourth-order valence-corrected chi connectivity index (χ4v) is 2.18. The summed E-state index contributed by atoms with van der Waals surface area (Å²) in [7, 11) is 0. The zero-order valence-electron chi connectivity index (χ0n) is 13.3. The normalized spacial score (nSPS) is 10.5. The second-order valence-electron chi connectivity index (χ2n) is 5.22. The number of rotatable bonds is 6. The zero-order chi connectivity index (χ0) is 17.5. The van der Waals surface area contributed by atoms with Gasteiger partial charge in [0, 0.05) is 12.1 Å². The maximum atomic E-state index is 13.5. The van der Waals surface area contributed by atoms with E-state index in [9.17, 15) is 18.0 Å². The predicted molar refractivity (Wildman–Crippen MR) is 85.8 cm³/mol. The molecule has 0 N–H and O–H groups in total. The highest BCUT2D eigenvalue weighted by Crippen LogP contribution is 2.29. The highest BCUT2D eigenvalue weighted by molar-refractivity contribution is 5.95. The Morgan fingerprint density at radius 1 is 1.00 bits per heavy atom. The average Bonchev–Trinajstić information content (AvgIpc) is 2.58. The van der Waals surface area contributed by atoms with Gasteiger partial charge in [-0.15, -0.1) is 0 Å². The van der Waals surface area contributed by atoms with Crippen LogP contribution in [0.25, 0.3) is 0 Å². The van der Waals surface area contributed by atoms with Gasteiger partial charge in [0.1, 0.15) is 0 Å². The van der Waals surface area contributed by atoms with Crippen LogP contribution in [-0.2, 0) is 4.74 Å². The number of amides is 1. The van der Waals surface area contributed by atoms with Gasteiger partial charge in [-0.3, -0.25) is 0 Å². The van der Waals surface area contributed by atoms with Gasteiger partial charge in [-0.1, -0.05) is 38.0 Å². The number of hydrogen-bond donors (Lipinski definition) is 0. The van der Waals surface area contributed by atoms with Gasteiger partial charge in [0.15, 0.2) is 17.5 Å². The van der Waals surface area contributed by atoms with Crippen LogP contribution in [0.3, 0.4) is 0 Å². The Kier molecular flexibility index (Phi) is 6.23. The number of hydrogen-bond acceptors (Lipinski definition) is 2. The molecule has 3 nitrogen and oxygen atoms in total. The molecule has 0 aromatic heterocycles. The SMILES string of the molecule is CCCCCOC(=O)N(c1ccccc1)c1cc(F)c(F)c(F)c1. The van der Waals surface area contributed by atoms with E-state index in [1.54, 1.807) is 30.3 Å². The molecule has 0 atom stereocenters. The molecule has 2 aromatic carbocycles. The van der Waals surface area contributed by atoms with E-state index in [1.165, 1.54) is 0 Å². The summed E-state index contributed by atoms with van der Waals surface area (Å²) in [4.78, 5) is 13.4. The number of unbranched alkanes of at least 4 members (excludes halogenated alkanes) is 2. The summed E-state index contributed by atoms with van der Waals surface area (Å²) in [6.07, 6.45) is 1.78. The molecular formula is C18H18F3NO2. The molecule has 0 aliphatic rings. The molecular weight excluding hydrogens is 319 g/mol. The lowest BCUT2D eigenvalue weighted by Gasteiger charge is -2.22. The van der Waals surface area contributed by atoms with Gasteiger partial charge in [-0.25, -0.2) is 22.9 Å². The van der Waals surface area contributed by atoms with Crippen molar-refractivity contribution in [3.63, 3.8) is 0 Å². The maximum absolute atomic E-state index is 13.5. The predicted octanol–water partition coefficient (Wildman–Crippen LogP) is 5.57. The Morgan fingerprint density at radius 3 is 2.21 bits per heavy atom. The molecule has 0 heterocycles. The smallest absolute Gasteiger partial charge is 0.418 e. The molecule has 0 radical (unpaired) electrons. The van der Waals surface area contributed by atoms with Crippen molar-refractivity contribution in [3.05, 3.63) is 59.9 Å². The van der Waals surface area contributed by atoms with Crippen LogP contribution in [-0.4, -0.2) is 12.7 Å². The fourth-order valence-electron chi connectivity index (χ4n) is 2.18. The first-order valence-corrected chi connectivity index (χ1v) is 7.71. The molecule has 24 heavy (non-hydrogen) atoms. The molecule has 6 heteroatoms. The van der Waals surface area contributed by atoms with Crippen LogP contribution < -0.4 is 4.90 Å². The number of carbonyl (C=O) groups is 1. The topological polar surface area (TPSA) is 29.5 Å². The second kappa shape index (κ2) is 8.38. The number of benzene rings is 2. The lowest BCUT2D eigenvalue weighted by atomic mass is 10.2. The van der Waals surface area contributed by atoms with Crippen LogP contribution >= 0.6 is 0 Å². The Morgan fingerprint density at radius 2 is 1.62 bits per heavy atom. The fraction of sp³-hybridized carbons (Fsp3) is 0.278. The van der Waals surface area contributed by atoms with Crippen LogP contribution in [0, 0.1) is 17.5 Å². The molecule has 0 spiro atoms. The Bertz CT molecular complexity index is 669. The first kappa shape index (κ1) is 17.8. The third-order valence-corrected chi connectivity index (χ3v) is 3.40. The van der Waals surface area contributed by atoms with Crippen LogP contribution in [0.4, 0.5) is 29.3 Å². The monoisotopic (exact) mass is 337 g/mol. The first-order chi connectivity index (χ1) is 11.5. The number of halogens is 3. The van der Waals surface area contributed by atoms with Crippen LogP contribution in [0.2, 0.25) is 0 Å². The molecule has 0 bridgehead atoms. The van der Waals surface area contributed by atoms with Crippen molar-refractivity contribution in [2.24, 2.45) is 0 Å². The molecule has 2 rings (SSSR count). The first-order valence-electron chi connectivity index (χ1n) is 7.71. The van der Waals surface area contributed by atoms with Gasteiger partial charge >= 0.3 is 6.09 Å². The van der Waals surface area contributed by atoms with Gasteiger partial charge in [0.05, 0.1) is 18.0 Å². The number of carbonyl (C=O) groups excluding carboxylic acids is 1. The van der Waals surface area contributed by atoms with E-state index in [0.29, 0.717) is 12.1 Å². The molecule has 0 saturated heterocycles. The maximum Gasteiger partial charge on any atom is 0.418 e. The lowest BCUT2D eigenvalue weighted by Crippen LogP contribution is -2.27. The molecule has 0 unspecified atom stereocenters. The minimum absolute atomic E-state index is 0.141. The number of nitrogens with zero attached hydrogens (tertiary/aromatic N) is 1. The van der Waals surface area contributed by atoms with Crippen molar-refractivity contribution in [3.8, 4) is 0 Å². The summed E-state index contributed by atoms with van der Waals surface area (Å²) >= 11 is 0. The molecule has 128 valence electrons. The van der Waals surface area contributed by atoms with Gasteiger partial charge < -0.3 is 4.74 Å². The van der Waals surface area contributed by atoms with Crippen molar-refractivity contribution in [2.75, 3.05) is 11.5 Å². The van der Waals surface area contributed by atoms with E-state index in [4.69, 9.17) is 4.74 Å². The van der Waals surface area contributed by atoms with Crippen LogP contribution in [0.15, 0.2) is 42.5 Å². The average molecular weight is 337 g/mol. The second-order valence-corrected chi connectivity index (χ2v) is 5.22. The molecule has 1 amide bonds. The van der Waals surface area contributed by atoms with Crippen molar-refractivity contribution >= 4 is 17.5 Å². The highest BCUT2D eigenvalue weighted by atomic mass is 19.2. The van der Waals surface area contributed by atoms with Crippen LogP contribution in [0.5, 0.6) is 0 Å². The lowest BCUT2D eigenvalue weighted by molar-refractivity contribution is 0.154. The zero-order valence-corrected chi connectivity index (χ0v) is 13.3. The third-order valence-electron chi connectivity index (χ3n) is 3.40. The van der Waals surface area contributed by atoms with Gasteiger partial charge in [0.25, 0.3) is 0 Å². The minimum atomic E-state index is -1.58. The molecule has 0 fully saturated rings. The van der Waals surface area contributed by atoms with Gasteiger partial charge in [-0.2, -0.15) is 0 Å². The van der Waals surface area contributed by atoms with E-state index in [0.717, 1.165) is 29.9 Å². The summed E-state index contributed by atoms with van der Waals surface area (Å²) in [5, 5.41) is 0. The summed E-state index contributed by atoms with van der Waals surface area (Å²) < 4.78 is 45.4. The Hall–Kier alpha value is -2.50. The summed E-state index contributed by atoms with van der Waals surface area (Å²) in [5.74, 6) is -4.32. The largest absolute Gasteiger partial charge is 0.449 e. The number of para-hydroxylation sites is 1. The minimum Gasteiger partial charge on any atom is -0.449 e. The van der Waals surface area contributed by atoms with Crippen molar-refractivity contribution in [1.29, 1.82) is 0 Å². The van der Waals surface area contributed by atoms with E-state index in [2.05, 4.69) is 0 Å². The van der Waals surface area contributed by atoms with E-state index >= 15 is 0 Å². The number of ether oxygens (including phenoxy) is 1. The summed E-state index contributed by atoms with van der Waals surface area (Å²) in [6.45, 7) is 2.21. The summed E-state index contributed by atoms with van der Waals surface area (Å²) in [6, 6.07) is 9.78. The van der Waals surface area contributed by atoms with E-state index in [-0.39, 0.29) is 12.3 Å². The quantitative estimate of drug-likeness (QED) is 0.509. The molecule has 0 saturated carbocycles. The van der Waals surface area contributed by atoms with Crippen molar-refractivity contribution < 1.29 is 22.7 Å². The molecule has 0 aliphatic carbocycles. The number of anilines is 2. The third kappa shape index (κ3) is 4.28. The molecule has 0 aliphatic heterocycles. The standard InChI is InChI=1S/C18H18F3NO2/c1-2-3-7-10-24-18(23)22(13-8-5-4-6-9-13)14-11-15(19)17(21)16(20)12-14/h4-6,8-9,11-12H,2-3,7,10H2,1H3. The van der Waals surface area contributed by atoms with Gasteiger partial charge in [-0.05, 0) is 18.6 Å². The van der Waals surface area contributed by atoms with E-state index < -0.39 is 23.5 Å². The molecule has 2 aromatic rings. The highest BCUT2D eigenvalue weighted by Gasteiger charge is 2.22. The van der Waals surface area contributed by atoms with Crippen molar-refractivity contribution in [2.45, 2.75) is 26.2 Å². The van der Waals surface area contributed by atoms with Crippen molar-refractivity contribution in [1.82, 2.24) is 0 Å². The van der Waals surface area contributed by atoms with E-state index in [1.807, 2.05) is 6.92 Å². The summed E-state index contributed by atoms with van der Waals surface area (Å²) in [5.41, 5.74) is 0.224. The Balaban J connectivity index is 2.32.